The standard InChI is InChI=1S/C15H18N2O3.ClH/c1-20-9-13(18)17-7-6-15(10-17)8-11-4-2-3-5-12(11)16-14(15)19;/h2-5H,6-10H2,1H3,(H,16,19);1H. The van der Waals surface area contributed by atoms with E-state index >= 15 is 0 Å². The van der Waals surface area contributed by atoms with Crippen molar-refractivity contribution in [2.45, 2.75) is 12.8 Å². The smallest absolute Gasteiger partial charge is 0.248 e. The largest absolute Gasteiger partial charge is 0.375 e. The van der Waals surface area contributed by atoms with Gasteiger partial charge in [-0.15, -0.1) is 12.4 Å². The average Bonchev–Trinajstić information content (AvgIpc) is 2.86. The Hall–Kier alpha value is -1.59. The van der Waals surface area contributed by atoms with Crippen LogP contribution in [-0.4, -0.2) is 43.5 Å². The zero-order valence-electron chi connectivity index (χ0n) is 11.9. The minimum atomic E-state index is -0.474. The lowest BCUT2D eigenvalue weighted by Gasteiger charge is -2.33. The van der Waals surface area contributed by atoms with Crippen LogP contribution in [0.1, 0.15) is 12.0 Å². The molecule has 2 aliphatic rings. The highest BCUT2D eigenvalue weighted by Crippen LogP contribution is 2.40. The number of amides is 2. The van der Waals surface area contributed by atoms with Gasteiger partial charge in [0.25, 0.3) is 0 Å². The second-order valence-corrected chi connectivity index (χ2v) is 5.57. The summed E-state index contributed by atoms with van der Waals surface area (Å²) in [5, 5.41) is 2.98. The fourth-order valence-electron chi connectivity index (χ4n) is 3.13. The van der Waals surface area contributed by atoms with E-state index in [4.69, 9.17) is 4.74 Å². The number of ether oxygens (including phenoxy) is 1. The molecule has 2 heterocycles. The number of anilines is 1. The van der Waals surface area contributed by atoms with Crippen molar-refractivity contribution in [3.63, 3.8) is 0 Å². The molecule has 5 nitrogen and oxygen atoms in total. The third-order valence-electron chi connectivity index (χ3n) is 4.25. The van der Waals surface area contributed by atoms with Crippen LogP contribution >= 0.6 is 12.4 Å². The quantitative estimate of drug-likeness (QED) is 0.900. The summed E-state index contributed by atoms with van der Waals surface area (Å²) in [7, 11) is 1.51. The number of fused-ring (bicyclic) bond motifs is 1. The van der Waals surface area contributed by atoms with E-state index in [2.05, 4.69) is 5.32 Å². The molecule has 6 heteroatoms. The zero-order chi connectivity index (χ0) is 14.2. The highest BCUT2D eigenvalue weighted by molar-refractivity contribution is 5.99. The van der Waals surface area contributed by atoms with Gasteiger partial charge in [-0.25, -0.2) is 0 Å². The van der Waals surface area contributed by atoms with Crippen molar-refractivity contribution in [1.29, 1.82) is 0 Å². The minimum Gasteiger partial charge on any atom is -0.375 e. The molecule has 1 fully saturated rings. The molecule has 3 rings (SSSR count). The third-order valence-corrected chi connectivity index (χ3v) is 4.25. The van der Waals surface area contributed by atoms with Gasteiger partial charge in [0.05, 0.1) is 5.41 Å². The van der Waals surface area contributed by atoms with Crippen molar-refractivity contribution >= 4 is 29.9 Å². The fourth-order valence-corrected chi connectivity index (χ4v) is 3.13. The Labute approximate surface area is 130 Å². The summed E-state index contributed by atoms with van der Waals surface area (Å²) < 4.78 is 4.88. The lowest BCUT2D eigenvalue weighted by molar-refractivity contribution is -0.135. The molecular formula is C15H19ClN2O3. The number of nitrogens with one attached hydrogen (secondary N) is 1. The van der Waals surface area contributed by atoms with Gasteiger partial charge in [0, 0.05) is 25.9 Å². The van der Waals surface area contributed by atoms with E-state index in [1.165, 1.54) is 7.11 Å². The predicted molar refractivity (Wildman–Crippen MR) is 81.5 cm³/mol. The van der Waals surface area contributed by atoms with Crippen molar-refractivity contribution in [1.82, 2.24) is 4.90 Å². The van der Waals surface area contributed by atoms with Crippen LogP contribution in [0.4, 0.5) is 5.69 Å². The number of hydrogen-bond donors (Lipinski definition) is 1. The van der Waals surface area contributed by atoms with Gasteiger partial charge in [0.15, 0.2) is 0 Å². The number of benzene rings is 1. The average molecular weight is 311 g/mol. The first-order chi connectivity index (χ1) is 9.64. The molecule has 1 spiro atoms. The van der Waals surface area contributed by atoms with Crippen molar-refractivity contribution in [3.05, 3.63) is 29.8 Å². The van der Waals surface area contributed by atoms with Gasteiger partial charge in [0.1, 0.15) is 6.61 Å². The van der Waals surface area contributed by atoms with E-state index in [1.54, 1.807) is 4.90 Å². The Bertz CT molecular complexity index is 564. The summed E-state index contributed by atoms with van der Waals surface area (Å²) in [5.74, 6) is -0.0139. The van der Waals surface area contributed by atoms with Gasteiger partial charge in [-0.2, -0.15) is 0 Å². The van der Waals surface area contributed by atoms with Gasteiger partial charge in [-0.1, -0.05) is 18.2 Å². The number of carbonyl (C=O) groups excluding carboxylic acids is 2. The molecule has 1 aromatic rings. The summed E-state index contributed by atoms with van der Waals surface area (Å²) in [6.07, 6.45) is 1.41. The summed E-state index contributed by atoms with van der Waals surface area (Å²) in [5.41, 5.74) is 1.57. The van der Waals surface area contributed by atoms with E-state index in [0.717, 1.165) is 11.3 Å². The Balaban J connectivity index is 0.00000161. The van der Waals surface area contributed by atoms with E-state index in [1.807, 2.05) is 24.3 Å². The van der Waals surface area contributed by atoms with Gasteiger partial charge < -0.3 is 15.0 Å². The number of para-hydroxylation sites is 1. The minimum absolute atomic E-state index is 0. The SMILES string of the molecule is COCC(=O)N1CCC2(Cc3ccccc3NC2=O)C1.Cl. The maximum atomic E-state index is 12.4. The maximum Gasteiger partial charge on any atom is 0.248 e. The van der Waals surface area contributed by atoms with Crippen LogP contribution in [0, 0.1) is 5.41 Å². The van der Waals surface area contributed by atoms with Crippen molar-refractivity contribution in [2.24, 2.45) is 5.41 Å². The lowest BCUT2D eigenvalue weighted by Crippen LogP contribution is -2.45. The number of halogens is 1. The second kappa shape index (κ2) is 6.03. The van der Waals surface area contributed by atoms with E-state index < -0.39 is 5.41 Å². The van der Waals surface area contributed by atoms with Crippen LogP contribution in [-0.2, 0) is 20.7 Å². The molecule has 1 N–H and O–H groups in total. The van der Waals surface area contributed by atoms with E-state index in [0.29, 0.717) is 25.9 Å². The Kier molecular flexibility index (Phi) is 4.54. The molecule has 0 saturated carbocycles. The van der Waals surface area contributed by atoms with Gasteiger partial charge in [0.2, 0.25) is 11.8 Å². The predicted octanol–water partition coefficient (Wildman–Crippen LogP) is 1.47. The summed E-state index contributed by atoms with van der Waals surface area (Å²) in [6, 6.07) is 7.85. The maximum absolute atomic E-state index is 12.4. The van der Waals surface area contributed by atoms with E-state index in [9.17, 15) is 9.59 Å². The summed E-state index contributed by atoms with van der Waals surface area (Å²) in [6.45, 7) is 1.18. The van der Waals surface area contributed by atoms with Gasteiger partial charge in [-0.3, -0.25) is 9.59 Å². The number of carbonyl (C=O) groups is 2. The number of methoxy groups -OCH3 is 1. The number of hydrogen-bond acceptors (Lipinski definition) is 3. The first-order valence-corrected chi connectivity index (χ1v) is 6.81. The molecule has 1 saturated heterocycles. The molecule has 21 heavy (non-hydrogen) atoms. The molecule has 0 aromatic heterocycles. The van der Waals surface area contributed by atoms with Crippen molar-refractivity contribution < 1.29 is 14.3 Å². The third kappa shape index (κ3) is 2.76. The number of rotatable bonds is 2. The molecule has 0 aliphatic carbocycles. The van der Waals surface area contributed by atoms with Crippen LogP contribution in [0.15, 0.2) is 24.3 Å². The molecule has 2 aliphatic heterocycles. The first-order valence-electron chi connectivity index (χ1n) is 6.81. The van der Waals surface area contributed by atoms with Crippen molar-refractivity contribution in [3.8, 4) is 0 Å². The first kappa shape index (κ1) is 15.8. The Morgan fingerprint density at radius 3 is 2.95 bits per heavy atom. The topological polar surface area (TPSA) is 58.6 Å². The molecule has 2 amide bonds. The molecule has 1 unspecified atom stereocenters. The highest BCUT2D eigenvalue weighted by atomic mass is 35.5. The van der Waals surface area contributed by atoms with Gasteiger partial charge >= 0.3 is 0 Å². The molecule has 1 aromatic carbocycles. The molecular weight excluding hydrogens is 292 g/mol. The van der Waals surface area contributed by atoms with Crippen LogP contribution in [0.25, 0.3) is 0 Å². The monoisotopic (exact) mass is 310 g/mol. The molecule has 1 atom stereocenters. The van der Waals surface area contributed by atoms with Crippen molar-refractivity contribution in [2.75, 3.05) is 32.1 Å². The fraction of sp³-hybridized carbons (Fsp3) is 0.467. The number of likely N-dealkylation sites (tertiary alicyclic amines) is 1. The lowest BCUT2D eigenvalue weighted by atomic mass is 9.77. The van der Waals surface area contributed by atoms with Crippen LogP contribution in [0.5, 0.6) is 0 Å². The van der Waals surface area contributed by atoms with Crippen LogP contribution in [0.2, 0.25) is 0 Å². The summed E-state index contributed by atoms with van der Waals surface area (Å²) in [4.78, 5) is 26.1. The highest BCUT2D eigenvalue weighted by Gasteiger charge is 2.48. The second-order valence-electron chi connectivity index (χ2n) is 5.57. The molecule has 0 radical (unpaired) electrons. The zero-order valence-corrected chi connectivity index (χ0v) is 12.7. The van der Waals surface area contributed by atoms with Gasteiger partial charge in [-0.05, 0) is 24.5 Å². The number of nitrogens with zero attached hydrogens (tertiary/aromatic N) is 1. The normalized spacial score (nSPS) is 23.5. The molecule has 0 bridgehead atoms. The molecule has 114 valence electrons. The Morgan fingerprint density at radius 2 is 2.19 bits per heavy atom. The van der Waals surface area contributed by atoms with E-state index in [-0.39, 0.29) is 30.8 Å². The Morgan fingerprint density at radius 1 is 1.43 bits per heavy atom. The summed E-state index contributed by atoms with van der Waals surface area (Å²) >= 11 is 0. The van der Waals surface area contributed by atoms with Crippen LogP contribution in [0.3, 0.4) is 0 Å². The van der Waals surface area contributed by atoms with Crippen LogP contribution < -0.4 is 5.32 Å².